The molecule has 6 heteroatoms. The van der Waals surface area contributed by atoms with E-state index in [2.05, 4.69) is 22.5 Å². The highest BCUT2D eigenvalue weighted by Crippen LogP contribution is 2.35. The van der Waals surface area contributed by atoms with Gasteiger partial charge in [-0.3, -0.25) is 4.79 Å². The molecule has 0 radical (unpaired) electrons. The van der Waals surface area contributed by atoms with Crippen LogP contribution in [-0.2, 0) is 4.79 Å². The van der Waals surface area contributed by atoms with Crippen LogP contribution in [-0.4, -0.2) is 28.1 Å². The van der Waals surface area contributed by atoms with Gasteiger partial charge in [-0.2, -0.15) is 5.26 Å². The van der Waals surface area contributed by atoms with Crippen LogP contribution < -0.4 is 0 Å². The van der Waals surface area contributed by atoms with Gasteiger partial charge in [0.25, 0.3) is 0 Å². The van der Waals surface area contributed by atoms with Gasteiger partial charge in [0.2, 0.25) is 5.91 Å². The Morgan fingerprint density at radius 2 is 2.38 bits per heavy atom. The highest BCUT2D eigenvalue weighted by Gasteiger charge is 2.30. The normalized spacial score (nSPS) is 17.0. The van der Waals surface area contributed by atoms with Crippen molar-refractivity contribution in [1.82, 2.24) is 9.88 Å². The predicted molar refractivity (Wildman–Crippen MR) is 97.2 cm³/mol. The van der Waals surface area contributed by atoms with Crippen LogP contribution in [0, 0.1) is 25.2 Å². The molecular weight excluding hydrogens is 338 g/mol. The fourth-order valence-corrected chi connectivity index (χ4v) is 4.96. The Bertz CT molecular complexity index is 780. The van der Waals surface area contributed by atoms with Gasteiger partial charge < -0.3 is 4.90 Å². The van der Waals surface area contributed by atoms with Gasteiger partial charge in [0.1, 0.15) is 11.1 Å². The molecule has 1 unspecified atom stereocenters. The lowest BCUT2D eigenvalue weighted by Crippen LogP contribution is -2.31. The molecule has 1 amide bonds. The number of hydrogen-bond acceptors (Lipinski definition) is 5. The van der Waals surface area contributed by atoms with Crippen molar-refractivity contribution in [3.05, 3.63) is 45.3 Å². The second-order valence-corrected chi connectivity index (χ2v) is 7.87. The van der Waals surface area contributed by atoms with Crippen molar-refractivity contribution in [1.29, 1.82) is 5.26 Å². The van der Waals surface area contributed by atoms with Crippen LogP contribution in [0.25, 0.3) is 0 Å². The third kappa shape index (κ3) is 3.47. The number of pyridine rings is 1. The van der Waals surface area contributed by atoms with E-state index in [0.29, 0.717) is 16.3 Å². The minimum Gasteiger partial charge on any atom is -0.334 e. The van der Waals surface area contributed by atoms with Gasteiger partial charge >= 0.3 is 0 Å². The van der Waals surface area contributed by atoms with Crippen molar-refractivity contribution in [2.45, 2.75) is 37.8 Å². The van der Waals surface area contributed by atoms with Crippen LogP contribution in [0.15, 0.2) is 28.6 Å². The maximum Gasteiger partial charge on any atom is 0.233 e. The molecule has 0 aliphatic carbocycles. The molecule has 0 aromatic carbocycles. The molecule has 1 fully saturated rings. The number of likely N-dealkylation sites (tertiary alicyclic amines) is 1. The molecule has 0 N–H and O–H groups in total. The number of hydrogen-bond donors (Lipinski definition) is 0. The summed E-state index contributed by atoms with van der Waals surface area (Å²) in [5.41, 5.74) is 2.37. The number of aryl methyl sites for hydroxylation is 2. The molecule has 1 atom stereocenters. The first-order valence-corrected chi connectivity index (χ1v) is 9.80. The lowest BCUT2D eigenvalue weighted by molar-refractivity contribution is -0.129. The van der Waals surface area contributed by atoms with Crippen molar-refractivity contribution in [2.75, 3.05) is 12.3 Å². The average molecular weight is 358 g/mol. The molecule has 0 spiro atoms. The number of nitrogens with zero attached hydrogens (tertiary/aromatic N) is 3. The molecule has 1 aliphatic rings. The first-order valence-electron chi connectivity index (χ1n) is 7.94. The van der Waals surface area contributed by atoms with E-state index in [1.54, 1.807) is 11.3 Å². The van der Waals surface area contributed by atoms with Gasteiger partial charge in [0.15, 0.2) is 0 Å². The molecule has 24 heavy (non-hydrogen) atoms. The number of amides is 1. The highest BCUT2D eigenvalue weighted by molar-refractivity contribution is 8.00. The van der Waals surface area contributed by atoms with Crippen LogP contribution in [0.5, 0.6) is 0 Å². The molecule has 1 saturated heterocycles. The summed E-state index contributed by atoms with van der Waals surface area (Å²) in [7, 11) is 0. The maximum atomic E-state index is 12.7. The third-order valence-corrected chi connectivity index (χ3v) is 6.13. The second kappa shape index (κ2) is 7.37. The Morgan fingerprint density at radius 3 is 3.08 bits per heavy atom. The monoisotopic (exact) mass is 357 g/mol. The summed E-state index contributed by atoms with van der Waals surface area (Å²) in [6.07, 6.45) is 2.08. The van der Waals surface area contributed by atoms with Crippen molar-refractivity contribution in [3.63, 3.8) is 0 Å². The summed E-state index contributed by atoms with van der Waals surface area (Å²) in [6.45, 7) is 4.63. The number of nitriles is 1. The summed E-state index contributed by atoms with van der Waals surface area (Å²) in [5.74, 6) is 0.452. The fourth-order valence-electron chi connectivity index (χ4n) is 3.10. The van der Waals surface area contributed by atoms with Crippen LogP contribution in [0.4, 0.5) is 0 Å². The summed E-state index contributed by atoms with van der Waals surface area (Å²) >= 11 is 3.08. The fraction of sp³-hybridized carbons (Fsp3) is 0.389. The van der Waals surface area contributed by atoms with E-state index in [1.807, 2.05) is 30.9 Å². The van der Waals surface area contributed by atoms with Gasteiger partial charge in [-0.05, 0) is 49.8 Å². The number of thioether (sulfide) groups is 1. The molecular formula is C18H19N3OS2. The largest absolute Gasteiger partial charge is 0.334 e. The predicted octanol–water partition coefficient (Wildman–Crippen LogP) is 4.09. The number of carbonyl (C=O) groups is 1. The van der Waals surface area contributed by atoms with E-state index in [9.17, 15) is 10.1 Å². The van der Waals surface area contributed by atoms with E-state index in [1.165, 1.54) is 16.6 Å². The minimum atomic E-state index is 0.126. The molecule has 2 aromatic rings. The topological polar surface area (TPSA) is 57.0 Å². The molecule has 4 nitrogen and oxygen atoms in total. The third-order valence-electron chi connectivity index (χ3n) is 4.20. The average Bonchev–Trinajstić information content (AvgIpc) is 3.22. The quantitative estimate of drug-likeness (QED) is 0.774. The Hall–Kier alpha value is -1.84. The number of aromatic nitrogens is 1. The van der Waals surface area contributed by atoms with Crippen molar-refractivity contribution in [3.8, 4) is 6.07 Å². The zero-order valence-corrected chi connectivity index (χ0v) is 15.4. The maximum absolute atomic E-state index is 12.7. The SMILES string of the molecule is Cc1cc(C)c(C#N)c(SCC(=O)N2CCCC2c2cccs2)n1. The Morgan fingerprint density at radius 1 is 1.54 bits per heavy atom. The van der Waals surface area contributed by atoms with E-state index in [4.69, 9.17) is 0 Å². The Balaban J connectivity index is 1.71. The summed E-state index contributed by atoms with van der Waals surface area (Å²) in [4.78, 5) is 20.4. The van der Waals surface area contributed by atoms with Crippen molar-refractivity contribution in [2.24, 2.45) is 0 Å². The van der Waals surface area contributed by atoms with Gasteiger partial charge in [-0.25, -0.2) is 4.98 Å². The van der Waals surface area contributed by atoms with Gasteiger partial charge in [-0.1, -0.05) is 17.8 Å². The zero-order valence-electron chi connectivity index (χ0n) is 13.8. The summed E-state index contributed by atoms with van der Waals surface area (Å²) in [6, 6.07) is 8.46. The lowest BCUT2D eigenvalue weighted by atomic mass is 10.1. The van der Waals surface area contributed by atoms with Crippen LogP contribution in [0.1, 0.15) is 40.6 Å². The molecule has 124 valence electrons. The molecule has 3 rings (SSSR count). The molecule has 1 aliphatic heterocycles. The van der Waals surface area contributed by atoms with Crippen LogP contribution in [0.2, 0.25) is 0 Å². The highest BCUT2D eigenvalue weighted by atomic mass is 32.2. The summed E-state index contributed by atoms with van der Waals surface area (Å²) < 4.78 is 0. The number of thiophene rings is 1. The second-order valence-electron chi connectivity index (χ2n) is 5.92. The van der Waals surface area contributed by atoms with Gasteiger partial charge in [0, 0.05) is 17.1 Å². The van der Waals surface area contributed by atoms with Gasteiger partial charge in [0.05, 0.1) is 17.4 Å². The lowest BCUT2D eigenvalue weighted by Gasteiger charge is -2.23. The smallest absolute Gasteiger partial charge is 0.233 e. The molecule has 0 saturated carbocycles. The first kappa shape index (κ1) is 17.0. The first-order chi connectivity index (χ1) is 11.6. The van der Waals surface area contributed by atoms with E-state index in [-0.39, 0.29) is 11.9 Å². The number of rotatable bonds is 4. The summed E-state index contributed by atoms with van der Waals surface area (Å²) in [5, 5.41) is 12.1. The van der Waals surface area contributed by atoms with Crippen LogP contribution >= 0.6 is 23.1 Å². The van der Waals surface area contributed by atoms with E-state index >= 15 is 0 Å². The molecule has 2 aromatic heterocycles. The van der Waals surface area contributed by atoms with Crippen molar-refractivity contribution < 1.29 is 4.79 Å². The molecule has 3 heterocycles. The number of carbonyl (C=O) groups excluding carboxylic acids is 1. The zero-order chi connectivity index (χ0) is 17.1. The standard InChI is InChI=1S/C18H19N3OS2/c1-12-9-13(2)20-18(14(12)10-19)24-11-17(22)21-7-3-5-15(21)16-6-4-8-23-16/h4,6,8-9,15H,3,5,7,11H2,1-2H3. The van der Waals surface area contributed by atoms with E-state index in [0.717, 1.165) is 30.6 Å². The Kier molecular flexibility index (Phi) is 5.22. The van der Waals surface area contributed by atoms with Crippen molar-refractivity contribution >= 4 is 29.0 Å². The molecule has 0 bridgehead atoms. The van der Waals surface area contributed by atoms with Crippen LogP contribution in [0.3, 0.4) is 0 Å². The van der Waals surface area contributed by atoms with E-state index < -0.39 is 0 Å². The Labute approximate surface area is 150 Å². The minimum absolute atomic E-state index is 0.126. The van der Waals surface area contributed by atoms with Gasteiger partial charge in [-0.15, -0.1) is 11.3 Å².